The van der Waals surface area contributed by atoms with Gasteiger partial charge in [-0.25, -0.2) is 0 Å². The molecule has 4 rings (SSSR count). The quantitative estimate of drug-likeness (QED) is 0.274. The van der Waals surface area contributed by atoms with Gasteiger partial charge < -0.3 is 0 Å². The molecule has 0 aromatic heterocycles. The van der Waals surface area contributed by atoms with Crippen LogP contribution in [0, 0.1) is 5.41 Å². The Balaban J connectivity index is 1.84. The summed E-state index contributed by atoms with van der Waals surface area (Å²) in [5.74, 6) is 0. The van der Waals surface area contributed by atoms with Crippen LogP contribution in [0.1, 0.15) is 47.0 Å². The molecule has 0 spiro atoms. The SMILES string of the molecule is CC1=C(/C=C/C(C)=C/CP(O)(c2ccccc2)(c2ccccc2)c2ccccc2)C(C)(C)CCC1. The summed E-state index contributed by atoms with van der Waals surface area (Å²) in [7, 11) is 0. The molecule has 2 heteroatoms. The normalized spacial score (nSPS) is 17.9. The van der Waals surface area contributed by atoms with Crippen LogP contribution in [0.5, 0.6) is 0 Å². The van der Waals surface area contributed by atoms with E-state index < -0.39 is 6.83 Å². The monoisotopic (exact) mass is 482 g/mol. The van der Waals surface area contributed by atoms with Gasteiger partial charge in [-0.3, -0.25) is 0 Å². The summed E-state index contributed by atoms with van der Waals surface area (Å²) in [6.45, 7) is 5.41. The molecule has 0 amide bonds. The van der Waals surface area contributed by atoms with Crippen molar-refractivity contribution in [2.75, 3.05) is 6.16 Å². The van der Waals surface area contributed by atoms with Crippen molar-refractivity contribution in [1.82, 2.24) is 0 Å². The summed E-state index contributed by atoms with van der Waals surface area (Å²) in [6.07, 6.45) is 11.1. The molecule has 0 heterocycles. The average molecular weight is 483 g/mol. The van der Waals surface area contributed by atoms with Gasteiger partial charge in [-0.05, 0) is 0 Å². The van der Waals surface area contributed by atoms with E-state index in [0.29, 0.717) is 6.16 Å². The number of allylic oxidation sites excluding steroid dienone is 6. The van der Waals surface area contributed by atoms with Crippen LogP contribution in [0.2, 0.25) is 0 Å². The third-order valence-corrected chi connectivity index (χ3v) is 12.9. The second kappa shape index (κ2) is 10.1. The molecule has 0 aliphatic heterocycles. The summed E-state index contributed by atoms with van der Waals surface area (Å²) >= 11 is 0. The first-order valence-corrected chi connectivity index (χ1v) is 15.1. The van der Waals surface area contributed by atoms with E-state index in [9.17, 15) is 4.89 Å². The van der Waals surface area contributed by atoms with Crippen LogP contribution in [0.4, 0.5) is 0 Å². The molecule has 182 valence electrons. The Morgan fingerprint density at radius 1 is 0.829 bits per heavy atom. The summed E-state index contributed by atoms with van der Waals surface area (Å²) in [5, 5.41) is 2.99. The fraction of sp³-hybridized carbons (Fsp3) is 0.273. The Bertz CT molecular complexity index is 1130. The van der Waals surface area contributed by atoms with Crippen molar-refractivity contribution in [3.63, 3.8) is 0 Å². The fourth-order valence-electron chi connectivity index (χ4n) is 5.63. The Morgan fingerprint density at radius 2 is 1.29 bits per heavy atom. The van der Waals surface area contributed by atoms with Gasteiger partial charge in [-0.15, -0.1) is 0 Å². The van der Waals surface area contributed by atoms with Gasteiger partial charge in [0.25, 0.3) is 0 Å². The first kappa shape index (κ1) is 25.4. The van der Waals surface area contributed by atoms with Gasteiger partial charge in [0.2, 0.25) is 0 Å². The van der Waals surface area contributed by atoms with Crippen molar-refractivity contribution in [1.29, 1.82) is 0 Å². The predicted molar refractivity (Wildman–Crippen MR) is 155 cm³/mol. The van der Waals surface area contributed by atoms with Crippen LogP contribution in [-0.2, 0) is 0 Å². The zero-order chi connectivity index (χ0) is 25.0. The molecule has 0 atom stereocenters. The maximum absolute atomic E-state index is 13.2. The summed E-state index contributed by atoms with van der Waals surface area (Å²) < 4.78 is 0. The molecule has 0 saturated carbocycles. The molecule has 0 radical (unpaired) electrons. The third-order valence-electron chi connectivity index (χ3n) is 7.76. The van der Waals surface area contributed by atoms with Crippen molar-refractivity contribution in [2.24, 2.45) is 5.41 Å². The maximum atomic E-state index is 13.2. The minimum atomic E-state index is -3.74. The van der Waals surface area contributed by atoms with Gasteiger partial charge >= 0.3 is 212 Å². The van der Waals surface area contributed by atoms with Crippen molar-refractivity contribution >= 4 is 22.7 Å². The summed E-state index contributed by atoms with van der Waals surface area (Å²) in [5.41, 5.74) is 4.36. The number of hydrogen-bond acceptors (Lipinski definition) is 1. The number of benzene rings is 3. The second-order valence-electron chi connectivity index (χ2n) is 10.7. The van der Waals surface area contributed by atoms with Gasteiger partial charge in [0.15, 0.2) is 0 Å². The van der Waals surface area contributed by atoms with Crippen molar-refractivity contribution in [3.8, 4) is 0 Å². The molecule has 3 aromatic rings. The summed E-state index contributed by atoms with van der Waals surface area (Å²) in [4.78, 5) is 13.2. The Labute approximate surface area is 211 Å². The first-order valence-electron chi connectivity index (χ1n) is 12.7. The second-order valence-corrected chi connectivity index (χ2v) is 15.1. The van der Waals surface area contributed by atoms with Gasteiger partial charge in [0.05, 0.1) is 0 Å². The van der Waals surface area contributed by atoms with Crippen LogP contribution in [0.3, 0.4) is 0 Å². The number of rotatable bonds is 7. The van der Waals surface area contributed by atoms with E-state index in [2.05, 4.69) is 82.3 Å². The van der Waals surface area contributed by atoms with E-state index in [0.717, 1.165) is 15.9 Å². The molecule has 1 aliphatic rings. The van der Waals surface area contributed by atoms with Crippen molar-refractivity contribution in [3.05, 3.63) is 126 Å². The van der Waals surface area contributed by atoms with E-state index in [-0.39, 0.29) is 5.41 Å². The van der Waals surface area contributed by atoms with Crippen molar-refractivity contribution in [2.45, 2.75) is 47.0 Å². The molecule has 1 nitrogen and oxygen atoms in total. The Kier molecular flexibility index (Phi) is 7.32. The molecular weight excluding hydrogens is 443 g/mol. The molecule has 0 unspecified atom stereocenters. The van der Waals surface area contributed by atoms with E-state index in [1.165, 1.54) is 36.0 Å². The first-order chi connectivity index (χ1) is 16.8. The summed E-state index contributed by atoms with van der Waals surface area (Å²) in [6, 6.07) is 30.8. The van der Waals surface area contributed by atoms with Crippen LogP contribution in [-0.4, -0.2) is 11.1 Å². The van der Waals surface area contributed by atoms with Crippen molar-refractivity contribution < 1.29 is 4.89 Å². The average Bonchev–Trinajstić information content (AvgIpc) is 2.88. The minimum absolute atomic E-state index is 0.216. The molecule has 0 fully saturated rings. The molecule has 3 aromatic carbocycles. The van der Waals surface area contributed by atoms with E-state index in [1.54, 1.807) is 0 Å². The molecule has 35 heavy (non-hydrogen) atoms. The number of hydrogen-bond donors (Lipinski definition) is 1. The van der Waals surface area contributed by atoms with E-state index in [1.807, 2.05) is 54.6 Å². The Morgan fingerprint density at radius 3 is 1.71 bits per heavy atom. The van der Waals surface area contributed by atoms with Gasteiger partial charge in [0, 0.05) is 0 Å². The Hall–Kier alpha value is -2.73. The zero-order valence-electron chi connectivity index (χ0n) is 21.6. The molecule has 0 bridgehead atoms. The molecule has 1 N–H and O–H groups in total. The third kappa shape index (κ3) is 4.86. The van der Waals surface area contributed by atoms with Crippen LogP contribution in [0.25, 0.3) is 0 Å². The molecular formula is C33H39OP. The standard InChI is InChI=1S/C33H39OP/c1-27(22-23-32-28(2)15-14-25-33(32,3)4)24-26-35(34,29-16-8-5-9-17-29,30-18-10-6-11-19-30)31-20-12-7-13-21-31/h5-13,16-24,34H,14-15,25-26H2,1-4H3/b23-22+,27-24+. The molecule has 0 saturated heterocycles. The van der Waals surface area contributed by atoms with E-state index in [4.69, 9.17) is 0 Å². The topological polar surface area (TPSA) is 20.2 Å². The predicted octanol–water partition coefficient (Wildman–Crippen LogP) is 7.45. The van der Waals surface area contributed by atoms with Gasteiger partial charge in [-0.1, -0.05) is 0 Å². The van der Waals surface area contributed by atoms with Gasteiger partial charge in [0.1, 0.15) is 0 Å². The van der Waals surface area contributed by atoms with Crippen LogP contribution >= 0.6 is 6.83 Å². The van der Waals surface area contributed by atoms with E-state index >= 15 is 0 Å². The fourth-order valence-corrected chi connectivity index (χ4v) is 10.2. The van der Waals surface area contributed by atoms with Crippen LogP contribution < -0.4 is 15.9 Å². The zero-order valence-corrected chi connectivity index (χ0v) is 22.5. The van der Waals surface area contributed by atoms with Gasteiger partial charge in [-0.2, -0.15) is 0 Å². The van der Waals surface area contributed by atoms with Crippen LogP contribution in [0.15, 0.2) is 126 Å². The molecule has 1 aliphatic carbocycles.